The predicted molar refractivity (Wildman–Crippen MR) is 144 cm³/mol. The second kappa shape index (κ2) is 11.1. The van der Waals surface area contributed by atoms with Crippen molar-refractivity contribution in [2.45, 2.75) is 12.1 Å². The molecule has 2 aromatic heterocycles. The average Bonchev–Trinajstić information content (AvgIpc) is 3.47. The Morgan fingerprint density at radius 3 is 2.62 bits per heavy atom. The Balaban J connectivity index is 1.58. The van der Waals surface area contributed by atoms with Gasteiger partial charge in [0.05, 0.1) is 46.2 Å². The van der Waals surface area contributed by atoms with Crippen molar-refractivity contribution in [3.05, 3.63) is 107 Å². The molecule has 4 aromatic rings. The molecule has 2 aromatic carbocycles. The van der Waals surface area contributed by atoms with Crippen LogP contribution in [0.25, 0.3) is 10.9 Å². The van der Waals surface area contributed by atoms with Crippen LogP contribution in [0.3, 0.4) is 0 Å². The molecule has 2 atom stereocenters. The Kier molecular flexibility index (Phi) is 7.33. The van der Waals surface area contributed by atoms with Crippen LogP contribution >= 0.6 is 11.6 Å². The van der Waals surface area contributed by atoms with Crippen LogP contribution in [0.1, 0.15) is 28.8 Å². The number of rotatable bonds is 9. The van der Waals surface area contributed by atoms with E-state index in [-0.39, 0.29) is 12.1 Å². The molecule has 0 saturated carbocycles. The molecule has 10 heteroatoms. The summed E-state index contributed by atoms with van der Waals surface area (Å²) in [5, 5.41) is 18.2. The molecular formula is C27H25ClN8O. The molecule has 0 aliphatic carbocycles. The summed E-state index contributed by atoms with van der Waals surface area (Å²) in [5.41, 5.74) is 14.2. The van der Waals surface area contributed by atoms with Gasteiger partial charge in [-0.3, -0.25) is 9.97 Å². The van der Waals surface area contributed by atoms with Gasteiger partial charge in [-0.1, -0.05) is 48.0 Å². The summed E-state index contributed by atoms with van der Waals surface area (Å²) < 4.78 is 5.49. The number of fused-ring (bicyclic) bond motifs is 1. The van der Waals surface area contributed by atoms with E-state index in [1.54, 1.807) is 25.7 Å². The Labute approximate surface area is 219 Å². The van der Waals surface area contributed by atoms with Crippen LogP contribution in [0.2, 0.25) is 5.02 Å². The van der Waals surface area contributed by atoms with E-state index in [0.717, 1.165) is 27.9 Å². The maximum atomic E-state index is 9.92. The Morgan fingerprint density at radius 1 is 1.08 bits per heavy atom. The first-order chi connectivity index (χ1) is 18.2. The number of ether oxygens (including phenoxy) is 1. The number of halogens is 1. The largest absolute Gasteiger partial charge is 0.382 e. The van der Waals surface area contributed by atoms with Gasteiger partial charge in [0.2, 0.25) is 0 Å². The fourth-order valence-corrected chi connectivity index (χ4v) is 4.57. The zero-order valence-corrected chi connectivity index (χ0v) is 20.8. The number of benzene rings is 2. The molecule has 0 saturated heterocycles. The van der Waals surface area contributed by atoms with Crippen LogP contribution in [0.5, 0.6) is 0 Å². The summed E-state index contributed by atoms with van der Waals surface area (Å²) in [6.07, 6.45) is 6.92. The van der Waals surface area contributed by atoms with Gasteiger partial charge in [-0.15, -0.1) is 0 Å². The van der Waals surface area contributed by atoms with Crippen molar-refractivity contribution in [2.75, 3.05) is 24.4 Å². The zero-order valence-electron chi connectivity index (χ0n) is 20.0. The maximum Gasteiger partial charge on any atom is 0.103 e. The van der Waals surface area contributed by atoms with Gasteiger partial charge in [0, 0.05) is 43.0 Å². The number of methoxy groups -OCH3 is 1. The van der Waals surface area contributed by atoms with Gasteiger partial charge in [0.25, 0.3) is 0 Å². The van der Waals surface area contributed by atoms with Gasteiger partial charge in [0.15, 0.2) is 0 Å². The van der Waals surface area contributed by atoms with E-state index < -0.39 is 0 Å². The topological polar surface area (TPSA) is 119 Å². The highest BCUT2D eigenvalue weighted by atomic mass is 35.5. The van der Waals surface area contributed by atoms with Crippen molar-refractivity contribution < 1.29 is 4.74 Å². The molecule has 0 unspecified atom stereocenters. The van der Waals surface area contributed by atoms with Gasteiger partial charge < -0.3 is 26.2 Å². The Bertz CT molecular complexity index is 1460. The second-order valence-electron chi connectivity index (χ2n) is 8.43. The highest BCUT2D eigenvalue weighted by Crippen LogP contribution is 2.36. The first-order valence-corrected chi connectivity index (χ1v) is 12.0. The molecule has 186 valence electrons. The molecule has 0 spiro atoms. The first kappa shape index (κ1) is 24.3. The number of hydrogen-bond donors (Lipinski definition) is 5. The van der Waals surface area contributed by atoms with Crippen molar-refractivity contribution in [2.24, 2.45) is 0 Å². The van der Waals surface area contributed by atoms with E-state index in [1.165, 1.54) is 0 Å². The SMILES string of the molecule is COC[C@H](Nc1c(C#N)cnc2c(Cl)cc(N[C@H](C3=CNNN3)c3cccnc3)cc12)c1ccccc1. The van der Waals surface area contributed by atoms with Crippen LogP contribution in [0.4, 0.5) is 11.4 Å². The fraction of sp³-hybridized carbons (Fsp3) is 0.148. The molecule has 0 radical (unpaired) electrons. The minimum absolute atomic E-state index is 0.188. The number of hydrazine groups is 2. The Hall–Kier alpha value is -4.36. The van der Waals surface area contributed by atoms with Crippen LogP contribution < -0.4 is 27.0 Å². The summed E-state index contributed by atoms with van der Waals surface area (Å²) in [7, 11) is 1.65. The number of nitrogens with zero attached hydrogens (tertiary/aromatic N) is 3. The highest BCUT2D eigenvalue weighted by Gasteiger charge is 2.22. The van der Waals surface area contributed by atoms with Gasteiger partial charge in [-0.05, 0) is 29.3 Å². The van der Waals surface area contributed by atoms with Gasteiger partial charge in [-0.25, -0.2) is 0 Å². The van der Waals surface area contributed by atoms with Crippen molar-refractivity contribution in [3.8, 4) is 6.07 Å². The molecule has 0 fully saturated rings. The number of pyridine rings is 2. The fourth-order valence-electron chi connectivity index (χ4n) is 4.30. The third-order valence-corrected chi connectivity index (χ3v) is 6.33. The minimum Gasteiger partial charge on any atom is -0.382 e. The lowest BCUT2D eigenvalue weighted by Crippen LogP contribution is -2.33. The van der Waals surface area contributed by atoms with E-state index in [4.69, 9.17) is 16.3 Å². The summed E-state index contributed by atoms with van der Waals surface area (Å²) in [4.78, 5) is 8.76. The number of aromatic nitrogens is 2. The van der Waals surface area contributed by atoms with Crippen molar-refractivity contribution in [3.63, 3.8) is 0 Å². The number of nitriles is 1. The lowest BCUT2D eigenvalue weighted by molar-refractivity contribution is 0.186. The van der Waals surface area contributed by atoms with Crippen molar-refractivity contribution in [1.82, 2.24) is 26.4 Å². The standard InChI is InChI=1S/C27H25ClN8O/c1-37-16-24(17-6-3-2-4-7-17)34-25-19(12-29)14-31-27-21(25)10-20(11-22(27)28)33-26(23-15-32-36-35-23)18-8-5-9-30-13-18/h2-11,13-15,24,26,32-33,35-36H,16H2,1H3,(H,31,34)/t24-,26-/m0/s1. The maximum absolute atomic E-state index is 9.92. The van der Waals surface area contributed by atoms with E-state index >= 15 is 0 Å². The van der Waals surface area contributed by atoms with Crippen LogP contribution in [-0.2, 0) is 4.74 Å². The predicted octanol–water partition coefficient (Wildman–Crippen LogP) is 4.56. The summed E-state index contributed by atoms with van der Waals surface area (Å²) in [5.74, 6) is 0. The van der Waals surface area contributed by atoms with Crippen LogP contribution in [0, 0.1) is 11.3 Å². The summed E-state index contributed by atoms with van der Waals surface area (Å²) >= 11 is 6.73. The summed E-state index contributed by atoms with van der Waals surface area (Å²) in [6.45, 7) is 0.410. The van der Waals surface area contributed by atoms with Gasteiger partial charge in [-0.2, -0.15) is 10.8 Å². The van der Waals surface area contributed by atoms with E-state index in [0.29, 0.717) is 28.4 Å². The Morgan fingerprint density at radius 2 is 1.92 bits per heavy atom. The van der Waals surface area contributed by atoms with Crippen molar-refractivity contribution in [1.29, 1.82) is 5.26 Å². The van der Waals surface area contributed by atoms with Gasteiger partial charge >= 0.3 is 0 Å². The molecular weight excluding hydrogens is 488 g/mol. The molecule has 0 bridgehead atoms. The normalized spacial score (nSPS) is 14.1. The zero-order chi connectivity index (χ0) is 25.6. The third kappa shape index (κ3) is 5.27. The summed E-state index contributed by atoms with van der Waals surface area (Å²) in [6, 6.07) is 19.4. The molecule has 0 amide bonds. The molecule has 9 nitrogen and oxygen atoms in total. The van der Waals surface area contributed by atoms with E-state index in [1.807, 2.05) is 60.8 Å². The third-order valence-electron chi connectivity index (χ3n) is 6.05. The monoisotopic (exact) mass is 512 g/mol. The second-order valence-corrected chi connectivity index (χ2v) is 8.84. The quantitative estimate of drug-likeness (QED) is 0.220. The van der Waals surface area contributed by atoms with Crippen LogP contribution in [-0.4, -0.2) is 23.7 Å². The van der Waals surface area contributed by atoms with Crippen molar-refractivity contribution >= 4 is 33.9 Å². The van der Waals surface area contributed by atoms with Gasteiger partial charge in [0.1, 0.15) is 6.07 Å². The molecule has 3 heterocycles. The smallest absolute Gasteiger partial charge is 0.103 e. The lowest BCUT2D eigenvalue weighted by Gasteiger charge is -2.23. The molecule has 1 aliphatic heterocycles. The van der Waals surface area contributed by atoms with E-state index in [2.05, 4.69) is 43.1 Å². The first-order valence-electron chi connectivity index (χ1n) is 11.6. The number of anilines is 2. The van der Waals surface area contributed by atoms with Crippen LogP contribution in [0.15, 0.2) is 85.1 Å². The minimum atomic E-state index is -0.251. The number of nitrogens with one attached hydrogen (secondary N) is 5. The molecule has 1 aliphatic rings. The number of hydrogen-bond acceptors (Lipinski definition) is 9. The molecule has 5 N–H and O–H groups in total. The average molecular weight is 513 g/mol. The molecule has 5 rings (SSSR count). The highest BCUT2D eigenvalue weighted by molar-refractivity contribution is 6.35. The molecule has 37 heavy (non-hydrogen) atoms. The van der Waals surface area contributed by atoms with E-state index in [9.17, 15) is 5.26 Å². The lowest BCUT2D eigenvalue weighted by atomic mass is 10.0.